The second-order valence-electron chi connectivity index (χ2n) is 7.63. The number of anilines is 1. The summed E-state index contributed by atoms with van der Waals surface area (Å²) in [6.45, 7) is 0.910. The summed E-state index contributed by atoms with van der Waals surface area (Å²) in [5, 5.41) is 11.3. The standard InChI is InChI=1S/C22H18F3N3O6S/c1-13-19(28(31)32)11-18(20(29)26-13)21(30)27(16-5-3-4-15(10-16)22(23,24)25)12-14-6-8-17(9-7-14)35(2,33)34/h3-11H,12H2,1-2H3,(H,26,29). The first-order valence-electron chi connectivity index (χ1n) is 9.85. The van der Waals surface area contributed by atoms with Crippen molar-refractivity contribution in [2.24, 2.45) is 0 Å². The molecule has 1 heterocycles. The number of nitrogens with one attached hydrogen (secondary N) is 1. The van der Waals surface area contributed by atoms with Crippen molar-refractivity contribution in [2.45, 2.75) is 24.5 Å². The molecule has 0 fully saturated rings. The summed E-state index contributed by atoms with van der Waals surface area (Å²) >= 11 is 0. The maximum atomic E-state index is 13.3. The topological polar surface area (TPSA) is 130 Å². The zero-order chi connectivity index (χ0) is 26.1. The number of aryl methyl sites for hydroxylation is 1. The van der Waals surface area contributed by atoms with E-state index in [1.165, 1.54) is 37.3 Å². The number of nitro groups is 1. The largest absolute Gasteiger partial charge is 0.416 e. The fourth-order valence-electron chi connectivity index (χ4n) is 3.26. The number of sulfone groups is 1. The third-order valence-electron chi connectivity index (χ3n) is 5.06. The highest BCUT2D eigenvalue weighted by atomic mass is 32.2. The molecule has 2 aromatic carbocycles. The van der Waals surface area contributed by atoms with E-state index in [1.54, 1.807) is 0 Å². The Labute approximate surface area is 196 Å². The molecule has 0 aliphatic rings. The highest BCUT2D eigenvalue weighted by Crippen LogP contribution is 2.32. The van der Waals surface area contributed by atoms with E-state index in [2.05, 4.69) is 4.98 Å². The molecule has 1 aromatic heterocycles. The van der Waals surface area contributed by atoms with Gasteiger partial charge < -0.3 is 9.88 Å². The molecular formula is C22H18F3N3O6S. The van der Waals surface area contributed by atoms with Crippen LogP contribution in [0.15, 0.2) is 64.3 Å². The van der Waals surface area contributed by atoms with Crippen LogP contribution in [0.2, 0.25) is 0 Å². The number of amides is 1. The van der Waals surface area contributed by atoms with E-state index in [0.717, 1.165) is 29.4 Å². The SMILES string of the molecule is Cc1[nH]c(=O)c(C(=O)N(Cc2ccc(S(C)(=O)=O)cc2)c2cccc(C(F)(F)F)c2)cc1[N+](=O)[O-]. The molecule has 35 heavy (non-hydrogen) atoms. The highest BCUT2D eigenvalue weighted by molar-refractivity contribution is 7.90. The summed E-state index contributed by atoms with van der Waals surface area (Å²) in [5.74, 6) is -1.08. The van der Waals surface area contributed by atoms with Gasteiger partial charge in [-0.15, -0.1) is 0 Å². The van der Waals surface area contributed by atoms with Gasteiger partial charge in [0, 0.05) is 18.0 Å². The lowest BCUT2D eigenvalue weighted by atomic mass is 10.1. The first-order chi connectivity index (χ1) is 16.2. The van der Waals surface area contributed by atoms with Crippen molar-refractivity contribution >= 4 is 27.1 Å². The fraction of sp³-hybridized carbons (Fsp3) is 0.182. The number of alkyl halides is 3. The molecule has 1 amide bonds. The average Bonchev–Trinajstić information content (AvgIpc) is 2.76. The summed E-state index contributed by atoms with van der Waals surface area (Å²) < 4.78 is 63.3. The molecule has 3 rings (SSSR count). The van der Waals surface area contributed by atoms with Crippen LogP contribution in [0.4, 0.5) is 24.5 Å². The summed E-state index contributed by atoms with van der Waals surface area (Å²) in [6, 6.07) is 9.84. The van der Waals surface area contributed by atoms with E-state index >= 15 is 0 Å². The molecule has 184 valence electrons. The number of rotatable bonds is 6. The van der Waals surface area contributed by atoms with Gasteiger partial charge in [-0.25, -0.2) is 8.42 Å². The van der Waals surface area contributed by atoms with E-state index in [9.17, 15) is 41.3 Å². The maximum absolute atomic E-state index is 13.3. The van der Waals surface area contributed by atoms with Crippen molar-refractivity contribution in [3.8, 4) is 0 Å². The number of pyridine rings is 1. The molecule has 3 aromatic rings. The Morgan fingerprint density at radius 3 is 2.29 bits per heavy atom. The molecule has 0 spiro atoms. The number of carbonyl (C=O) groups is 1. The minimum Gasteiger partial charge on any atom is -0.320 e. The highest BCUT2D eigenvalue weighted by Gasteiger charge is 2.32. The first-order valence-corrected chi connectivity index (χ1v) is 11.7. The number of nitrogens with zero attached hydrogens (tertiary/aromatic N) is 2. The van der Waals surface area contributed by atoms with Crippen LogP contribution in [0, 0.1) is 17.0 Å². The smallest absolute Gasteiger partial charge is 0.320 e. The minimum absolute atomic E-state index is 0.0104. The minimum atomic E-state index is -4.72. The molecule has 9 nitrogen and oxygen atoms in total. The number of carbonyl (C=O) groups excluding carboxylic acids is 1. The monoisotopic (exact) mass is 509 g/mol. The van der Waals surface area contributed by atoms with Crippen LogP contribution in [0.25, 0.3) is 0 Å². The van der Waals surface area contributed by atoms with Crippen LogP contribution in [-0.4, -0.2) is 30.5 Å². The molecule has 13 heteroatoms. The first kappa shape index (κ1) is 25.6. The van der Waals surface area contributed by atoms with Gasteiger partial charge in [-0.05, 0) is 42.8 Å². The van der Waals surface area contributed by atoms with Crippen molar-refractivity contribution in [2.75, 3.05) is 11.2 Å². The number of hydrogen-bond donors (Lipinski definition) is 1. The lowest BCUT2D eigenvalue weighted by Crippen LogP contribution is -2.35. The molecule has 0 aliphatic heterocycles. The summed E-state index contributed by atoms with van der Waals surface area (Å²) in [6.07, 6.45) is -3.72. The number of aromatic nitrogens is 1. The van der Waals surface area contributed by atoms with Gasteiger partial charge >= 0.3 is 6.18 Å². The second-order valence-corrected chi connectivity index (χ2v) is 9.65. The van der Waals surface area contributed by atoms with Gasteiger partial charge in [-0.2, -0.15) is 13.2 Å². The van der Waals surface area contributed by atoms with Crippen LogP contribution < -0.4 is 10.5 Å². The van der Waals surface area contributed by atoms with Crippen molar-refractivity contribution in [3.05, 3.63) is 97.4 Å². The molecule has 0 radical (unpaired) electrons. The van der Waals surface area contributed by atoms with Gasteiger partial charge in [-0.1, -0.05) is 18.2 Å². The lowest BCUT2D eigenvalue weighted by molar-refractivity contribution is -0.385. The Morgan fingerprint density at radius 2 is 1.74 bits per heavy atom. The van der Waals surface area contributed by atoms with Crippen molar-refractivity contribution in [1.82, 2.24) is 4.98 Å². The summed E-state index contributed by atoms with van der Waals surface area (Å²) in [4.78, 5) is 39.3. The summed E-state index contributed by atoms with van der Waals surface area (Å²) in [7, 11) is -3.52. The molecular weight excluding hydrogens is 491 g/mol. The third-order valence-corrected chi connectivity index (χ3v) is 6.19. The quantitative estimate of drug-likeness (QED) is 0.397. The normalized spacial score (nSPS) is 11.8. The van der Waals surface area contributed by atoms with Crippen LogP contribution in [-0.2, 0) is 22.6 Å². The van der Waals surface area contributed by atoms with Gasteiger partial charge in [0.05, 0.1) is 27.6 Å². The third kappa shape index (κ3) is 5.74. The van der Waals surface area contributed by atoms with Gasteiger partial charge in [0.1, 0.15) is 5.56 Å². The predicted molar refractivity (Wildman–Crippen MR) is 120 cm³/mol. The molecule has 0 saturated heterocycles. The number of H-pyrrole nitrogens is 1. The maximum Gasteiger partial charge on any atom is 0.416 e. The van der Waals surface area contributed by atoms with Gasteiger partial charge in [-0.3, -0.25) is 19.7 Å². The molecule has 0 atom stereocenters. The van der Waals surface area contributed by atoms with Crippen LogP contribution in [0.5, 0.6) is 0 Å². The van der Waals surface area contributed by atoms with Gasteiger partial charge in [0.2, 0.25) is 0 Å². The number of benzene rings is 2. The Morgan fingerprint density at radius 1 is 1.11 bits per heavy atom. The van der Waals surface area contributed by atoms with Crippen molar-refractivity contribution in [1.29, 1.82) is 0 Å². The Kier molecular flexibility index (Phi) is 6.83. The molecule has 0 bridgehead atoms. The fourth-order valence-corrected chi connectivity index (χ4v) is 3.89. The lowest BCUT2D eigenvalue weighted by Gasteiger charge is -2.24. The zero-order valence-corrected chi connectivity index (χ0v) is 19.1. The van der Waals surface area contributed by atoms with Gasteiger partial charge in [0.15, 0.2) is 9.84 Å². The van der Waals surface area contributed by atoms with Crippen LogP contribution in [0.1, 0.15) is 27.2 Å². The number of hydrogen-bond acceptors (Lipinski definition) is 6. The van der Waals surface area contributed by atoms with E-state index in [0.29, 0.717) is 11.6 Å². The van der Waals surface area contributed by atoms with Crippen LogP contribution in [0.3, 0.4) is 0 Å². The van der Waals surface area contributed by atoms with E-state index in [1.807, 2.05) is 0 Å². The number of aromatic amines is 1. The van der Waals surface area contributed by atoms with E-state index in [-0.39, 0.29) is 22.8 Å². The average molecular weight is 509 g/mol. The van der Waals surface area contributed by atoms with E-state index < -0.39 is 49.2 Å². The second kappa shape index (κ2) is 9.33. The predicted octanol–water partition coefficient (Wildman–Crippen LogP) is 3.86. The molecule has 0 unspecified atom stereocenters. The Hall–Kier alpha value is -4.00. The summed E-state index contributed by atoms with van der Waals surface area (Å²) in [5.41, 5.74) is -3.19. The molecule has 1 N–H and O–H groups in total. The van der Waals surface area contributed by atoms with Crippen LogP contribution >= 0.6 is 0 Å². The van der Waals surface area contributed by atoms with Crippen molar-refractivity contribution < 1.29 is 31.3 Å². The Balaban J connectivity index is 2.14. The zero-order valence-electron chi connectivity index (χ0n) is 18.3. The van der Waals surface area contributed by atoms with Gasteiger partial charge in [0.25, 0.3) is 17.2 Å². The van der Waals surface area contributed by atoms with E-state index in [4.69, 9.17) is 0 Å². The Bertz CT molecular complexity index is 1460. The number of halogens is 3. The molecule has 0 aliphatic carbocycles. The molecule has 0 saturated carbocycles. The van der Waals surface area contributed by atoms with Crippen molar-refractivity contribution in [3.63, 3.8) is 0 Å².